The molecule has 19 heavy (non-hydrogen) atoms. The van der Waals surface area contributed by atoms with E-state index < -0.39 is 0 Å². The first-order chi connectivity index (χ1) is 9.11. The van der Waals surface area contributed by atoms with Gasteiger partial charge in [0.15, 0.2) is 0 Å². The zero-order valence-electron chi connectivity index (χ0n) is 10.1. The molecule has 0 fully saturated rings. The molecule has 0 radical (unpaired) electrons. The number of anilines is 1. The first kappa shape index (κ1) is 13.2. The number of aromatic nitrogens is 1. The van der Waals surface area contributed by atoms with E-state index >= 15 is 0 Å². The summed E-state index contributed by atoms with van der Waals surface area (Å²) in [5.74, 6) is -0.344. The fourth-order valence-corrected chi connectivity index (χ4v) is 1.99. The van der Waals surface area contributed by atoms with Gasteiger partial charge in [0.1, 0.15) is 16.4 Å². The number of nitrogens with zero attached hydrogens (tertiary/aromatic N) is 2. The second kappa shape index (κ2) is 5.63. The van der Waals surface area contributed by atoms with Gasteiger partial charge in [-0.3, -0.25) is 4.79 Å². The number of nitriles is 1. The molecule has 1 amide bonds. The number of nitrogens with one attached hydrogen (secondary N) is 1. The molecule has 5 heteroatoms. The number of hydrogen-bond acceptors (Lipinski definition) is 3. The zero-order chi connectivity index (χ0) is 13.8. The third kappa shape index (κ3) is 2.98. The molecular weight excluding hydrogens is 306 g/mol. The van der Waals surface area contributed by atoms with E-state index in [0.717, 1.165) is 5.56 Å². The molecule has 1 N–H and O–H groups in total. The zero-order valence-corrected chi connectivity index (χ0v) is 11.7. The highest BCUT2D eigenvalue weighted by Gasteiger charge is 2.11. The van der Waals surface area contributed by atoms with Crippen molar-refractivity contribution in [2.45, 2.75) is 6.92 Å². The van der Waals surface area contributed by atoms with E-state index in [1.165, 1.54) is 0 Å². The number of carbonyl (C=O) groups excluding carboxylic acids is 1. The Bertz CT molecular complexity index is 677. The number of rotatable bonds is 2. The van der Waals surface area contributed by atoms with E-state index in [1.54, 1.807) is 30.3 Å². The molecule has 1 aromatic carbocycles. The van der Waals surface area contributed by atoms with Crippen molar-refractivity contribution in [1.82, 2.24) is 4.98 Å². The minimum absolute atomic E-state index is 0.291. The second-order valence-corrected chi connectivity index (χ2v) is 4.72. The summed E-state index contributed by atoms with van der Waals surface area (Å²) in [4.78, 5) is 16.1. The molecule has 2 rings (SSSR count). The number of hydrogen-bond donors (Lipinski definition) is 1. The van der Waals surface area contributed by atoms with Crippen LogP contribution in [-0.4, -0.2) is 10.9 Å². The molecule has 0 bridgehead atoms. The Labute approximate surface area is 119 Å². The maximum atomic E-state index is 12.0. The van der Waals surface area contributed by atoms with Gasteiger partial charge in [-0.2, -0.15) is 5.26 Å². The van der Waals surface area contributed by atoms with Gasteiger partial charge in [-0.25, -0.2) is 4.98 Å². The van der Waals surface area contributed by atoms with Crippen molar-refractivity contribution in [3.8, 4) is 6.07 Å². The summed E-state index contributed by atoms with van der Waals surface area (Å²) in [6, 6.07) is 12.5. The van der Waals surface area contributed by atoms with Crippen LogP contribution in [0.15, 0.2) is 41.0 Å². The van der Waals surface area contributed by atoms with Crippen molar-refractivity contribution >= 4 is 27.5 Å². The third-order valence-electron chi connectivity index (χ3n) is 2.58. The fraction of sp³-hybridized carbons (Fsp3) is 0.0714. The molecule has 0 unspecified atom stereocenters. The number of amides is 1. The Balaban J connectivity index is 2.30. The SMILES string of the molecule is Cc1cccc(NC(=O)c2cccc(Br)n2)c1C#N. The predicted octanol–water partition coefficient (Wildman–Crippen LogP) is 3.28. The highest BCUT2D eigenvalue weighted by molar-refractivity contribution is 9.10. The topological polar surface area (TPSA) is 65.8 Å². The average molecular weight is 316 g/mol. The lowest BCUT2D eigenvalue weighted by molar-refractivity contribution is 0.102. The Morgan fingerprint density at radius 1 is 1.32 bits per heavy atom. The van der Waals surface area contributed by atoms with Crippen LogP contribution in [0.4, 0.5) is 5.69 Å². The van der Waals surface area contributed by atoms with Gasteiger partial charge >= 0.3 is 0 Å². The van der Waals surface area contributed by atoms with Gasteiger partial charge in [0, 0.05) is 0 Å². The molecule has 0 saturated carbocycles. The van der Waals surface area contributed by atoms with Crippen LogP contribution in [0.3, 0.4) is 0 Å². The van der Waals surface area contributed by atoms with Crippen LogP contribution in [0.5, 0.6) is 0 Å². The maximum absolute atomic E-state index is 12.0. The number of halogens is 1. The van der Waals surface area contributed by atoms with E-state index in [-0.39, 0.29) is 5.91 Å². The summed E-state index contributed by atoms with van der Waals surface area (Å²) >= 11 is 3.21. The largest absolute Gasteiger partial charge is 0.319 e. The molecule has 4 nitrogen and oxygen atoms in total. The van der Waals surface area contributed by atoms with Gasteiger partial charge in [-0.15, -0.1) is 0 Å². The standard InChI is InChI=1S/C14H10BrN3O/c1-9-4-2-5-11(10(9)8-16)18-14(19)12-6-3-7-13(15)17-12/h2-7H,1H3,(H,18,19). The Kier molecular flexibility index (Phi) is 3.93. The number of benzene rings is 1. The van der Waals surface area contributed by atoms with E-state index in [1.807, 2.05) is 13.0 Å². The van der Waals surface area contributed by atoms with Crippen molar-refractivity contribution in [2.75, 3.05) is 5.32 Å². The Morgan fingerprint density at radius 3 is 2.74 bits per heavy atom. The van der Waals surface area contributed by atoms with Gasteiger partial charge in [-0.1, -0.05) is 18.2 Å². The van der Waals surface area contributed by atoms with Crippen LogP contribution in [0.2, 0.25) is 0 Å². The first-order valence-electron chi connectivity index (χ1n) is 5.55. The van der Waals surface area contributed by atoms with Gasteiger partial charge < -0.3 is 5.32 Å². The van der Waals surface area contributed by atoms with Crippen molar-refractivity contribution in [3.63, 3.8) is 0 Å². The van der Waals surface area contributed by atoms with Crippen molar-refractivity contribution in [3.05, 3.63) is 57.8 Å². The van der Waals surface area contributed by atoms with Crippen LogP contribution in [0.25, 0.3) is 0 Å². The van der Waals surface area contributed by atoms with Crippen molar-refractivity contribution in [2.24, 2.45) is 0 Å². The van der Waals surface area contributed by atoms with Crippen LogP contribution in [0, 0.1) is 18.3 Å². The van der Waals surface area contributed by atoms with E-state index in [0.29, 0.717) is 21.5 Å². The summed E-state index contributed by atoms with van der Waals surface area (Å²) in [6.45, 7) is 1.82. The third-order valence-corrected chi connectivity index (χ3v) is 3.02. The van der Waals surface area contributed by atoms with Crippen LogP contribution in [-0.2, 0) is 0 Å². The molecule has 0 aliphatic carbocycles. The normalized spacial score (nSPS) is 9.74. The van der Waals surface area contributed by atoms with Crippen molar-refractivity contribution in [1.29, 1.82) is 5.26 Å². The lowest BCUT2D eigenvalue weighted by Gasteiger charge is -2.08. The molecule has 0 atom stereocenters. The lowest BCUT2D eigenvalue weighted by Crippen LogP contribution is -2.14. The summed E-state index contributed by atoms with van der Waals surface area (Å²) in [5, 5.41) is 11.8. The van der Waals surface area contributed by atoms with E-state index in [2.05, 4.69) is 32.3 Å². The number of carbonyl (C=O) groups is 1. The van der Waals surface area contributed by atoms with Gasteiger partial charge in [-0.05, 0) is 46.6 Å². The summed E-state index contributed by atoms with van der Waals surface area (Å²) in [7, 11) is 0. The lowest BCUT2D eigenvalue weighted by atomic mass is 10.1. The Hall–Kier alpha value is -2.19. The van der Waals surface area contributed by atoms with Crippen LogP contribution in [0.1, 0.15) is 21.6 Å². The van der Waals surface area contributed by atoms with Crippen LogP contribution < -0.4 is 5.32 Å². The highest BCUT2D eigenvalue weighted by atomic mass is 79.9. The van der Waals surface area contributed by atoms with Crippen LogP contribution >= 0.6 is 15.9 Å². The molecule has 1 aromatic heterocycles. The van der Waals surface area contributed by atoms with Gasteiger partial charge in [0.25, 0.3) is 5.91 Å². The molecule has 1 heterocycles. The fourth-order valence-electron chi connectivity index (χ4n) is 1.64. The summed E-state index contributed by atoms with van der Waals surface area (Å²) < 4.78 is 0.588. The number of aryl methyl sites for hydroxylation is 1. The molecule has 0 aliphatic heterocycles. The average Bonchev–Trinajstić information content (AvgIpc) is 2.39. The molecular formula is C14H10BrN3O. The quantitative estimate of drug-likeness (QED) is 0.865. The monoisotopic (exact) mass is 315 g/mol. The molecule has 94 valence electrons. The second-order valence-electron chi connectivity index (χ2n) is 3.91. The predicted molar refractivity (Wildman–Crippen MR) is 75.8 cm³/mol. The summed E-state index contributed by atoms with van der Waals surface area (Å²) in [5.41, 5.74) is 2.07. The molecule has 0 aliphatic rings. The van der Waals surface area contributed by atoms with E-state index in [9.17, 15) is 4.79 Å². The molecule has 0 spiro atoms. The highest BCUT2D eigenvalue weighted by Crippen LogP contribution is 2.19. The minimum atomic E-state index is -0.344. The van der Waals surface area contributed by atoms with Crippen molar-refractivity contribution < 1.29 is 4.79 Å². The smallest absolute Gasteiger partial charge is 0.274 e. The molecule has 2 aromatic rings. The number of pyridine rings is 1. The van der Waals surface area contributed by atoms with Gasteiger partial charge in [0.2, 0.25) is 0 Å². The first-order valence-corrected chi connectivity index (χ1v) is 6.34. The van der Waals surface area contributed by atoms with E-state index in [4.69, 9.17) is 5.26 Å². The molecule has 0 saturated heterocycles. The minimum Gasteiger partial charge on any atom is -0.319 e. The summed E-state index contributed by atoms with van der Waals surface area (Å²) in [6.07, 6.45) is 0. The Morgan fingerprint density at radius 2 is 2.05 bits per heavy atom. The van der Waals surface area contributed by atoms with Gasteiger partial charge in [0.05, 0.1) is 11.3 Å². The maximum Gasteiger partial charge on any atom is 0.274 e.